The molecule has 3 heteroatoms. The minimum Gasteiger partial charge on any atom is -0.482 e. The summed E-state index contributed by atoms with van der Waals surface area (Å²) in [4.78, 5) is 0. The molecule has 3 aromatic carbocycles. The summed E-state index contributed by atoms with van der Waals surface area (Å²) < 4.78 is 33.7. The lowest BCUT2D eigenvalue weighted by Gasteiger charge is -2.27. The Bertz CT molecular complexity index is 1010. The molecule has 0 N–H and O–H groups in total. The third-order valence-corrected chi connectivity index (χ3v) is 5.72. The molecule has 1 aliphatic rings. The van der Waals surface area contributed by atoms with Gasteiger partial charge in [-0.3, -0.25) is 0 Å². The SMILES string of the molecule is C=CCCc1cc(F)c2c(c1)CCC(c1ccc(CCc3ccc(F)cc3)cc1)O2. The summed E-state index contributed by atoms with van der Waals surface area (Å²) in [5, 5.41) is 0. The van der Waals surface area contributed by atoms with Gasteiger partial charge in [-0.25, -0.2) is 8.78 Å². The van der Waals surface area contributed by atoms with Gasteiger partial charge in [-0.2, -0.15) is 0 Å². The number of fused-ring (bicyclic) bond motifs is 1. The van der Waals surface area contributed by atoms with Gasteiger partial charge in [0, 0.05) is 0 Å². The van der Waals surface area contributed by atoms with Gasteiger partial charge in [-0.1, -0.05) is 48.5 Å². The van der Waals surface area contributed by atoms with E-state index < -0.39 is 0 Å². The molecule has 4 rings (SSSR count). The Hall–Kier alpha value is -2.94. The molecule has 1 unspecified atom stereocenters. The summed E-state index contributed by atoms with van der Waals surface area (Å²) in [6.07, 6.45) is 6.78. The third kappa shape index (κ3) is 4.79. The fourth-order valence-electron chi connectivity index (χ4n) is 4.00. The second kappa shape index (κ2) is 9.25. The summed E-state index contributed by atoms with van der Waals surface area (Å²) >= 11 is 0. The zero-order valence-electron chi connectivity index (χ0n) is 17.0. The van der Waals surface area contributed by atoms with Crippen LogP contribution in [0.5, 0.6) is 5.75 Å². The summed E-state index contributed by atoms with van der Waals surface area (Å²) in [5.41, 5.74) is 5.37. The Kier molecular flexibility index (Phi) is 6.27. The van der Waals surface area contributed by atoms with Crippen LogP contribution >= 0.6 is 0 Å². The first-order valence-corrected chi connectivity index (χ1v) is 10.5. The minimum atomic E-state index is -0.271. The molecule has 30 heavy (non-hydrogen) atoms. The van der Waals surface area contributed by atoms with E-state index in [9.17, 15) is 8.78 Å². The zero-order chi connectivity index (χ0) is 20.9. The van der Waals surface area contributed by atoms with Crippen molar-refractivity contribution >= 4 is 0 Å². The van der Waals surface area contributed by atoms with E-state index in [1.54, 1.807) is 6.07 Å². The van der Waals surface area contributed by atoms with E-state index in [2.05, 4.69) is 36.9 Å². The van der Waals surface area contributed by atoms with Crippen LogP contribution in [0.1, 0.15) is 46.8 Å². The topological polar surface area (TPSA) is 9.23 Å². The molecular weight excluding hydrogens is 378 g/mol. The largest absolute Gasteiger partial charge is 0.482 e. The van der Waals surface area contributed by atoms with E-state index in [1.165, 1.54) is 17.7 Å². The number of halogens is 2. The Morgan fingerprint density at radius 1 is 0.867 bits per heavy atom. The monoisotopic (exact) mass is 404 g/mol. The van der Waals surface area contributed by atoms with Crippen molar-refractivity contribution in [2.24, 2.45) is 0 Å². The quantitative estimate of drug-likeness (QED) is 0.388. The predicted molar refractivity (Wildman–Crippen MR) is 117 cm³/mol. The molecule has 154 valence electrons. The number of rotatable bonds is 7. The maximum Gasteiger partial charge on any atom is 0.165 e. The normalized spacial score (nSPS) is 15.3. The lowest BCUT2D eigenvalue weighted by atomic mass is 9.94. The van der Waals surface area contributed by atoms with Gasteiger partial charge in [0.15, 0.2) is 11.6 Å². The Balaban J connectivity index is 1.40. The highest BCUT2D eigenvalue weighted by atomic mass is 19.1. The third-order valence-electron chi connectivity index (χ3n) is 5.72. The number of benzene rings is 3. The Morgan fingerprint density at radius 2 is 1.53 bits per heavy atom. The molecular formula is C27H26F2O. The van der Waals surface area contributed by atoms with E-state index in [0.29, 0.717) is 5.75 Å². The second-order valence-corrected chi connectivity index (χ2v) is 7.91. The molecule has 1 heterocycles. The van der Waals surface area contributed by atoms with Crippen LogP contribution in [0, 0.1) is 11.6 Å². The zero-order valence-corrected chi connectivity index (χ0v) is 17.0. The van der Waals surface area contributed by atoms with Gasteiger partial charge in [-0.15, -0.1) is 6.58 Å². The second-order valence-electron chi connectivity index (χ2n) is 7.91. The van der Waals surface area contributed by atoms with Gasteiger partial charge in [0.25, 0.3) is 0 Å². The molecule has 0 saturated heterocycles. The first-order valence-electron chi connectivity index (χ1n) is 10.5. The smallest absolute Gasteiger partial charge is 0.165 e. The number of ether oxygens (including phenoxy) is 1. The molecule has 1 nitrogen and oxygen atoms in total. The van der Waals surface area contributed by atoms with Crippen LogP contribution in [0.4, 0.5) is 8.78 Å². The van der Waals surface area contributed by atoms with Crippen molar-refractivity contribution in [3.63, 3.8) is 0 Å². The molecule has 0 spiro atoms. The van der Waals surface area contributed by atoms with Gasteiger partial charge in [-0.05, 0) is 84.5 Å². The molecule has 3 aromatic rings. The highest BCUT2D eigenvalue weighted by Crippen LogP contribution is 2.37. The minimum absolute atomic E-state index is 0.128. The first kappa shape index (κ1) is 20.3. The van der Waals surface area contributed by atoms with Crippen molar-refractivity contribution < 1.29 is 13.5 Å². The molecule has 0 bridgehead atoms. The Morgan fingerprint density at radius 3 is 2.20 bits per heavy atom. The fraction of sp³-hybridized carbons (Fsp3) is 0.259. The summed E-state index contributed by atoms with van der Waals surface area (Å²) in [7, 11) is 0. The fourth-order valence-corrected chi connectivity index (χ4v) is 4.00. The van der Waals surface area contributed by atoms with Crippen LogP contribution in [0.25, 0.3) is 0 Å². The van der Waals surface area contributed by atoms with Crippen molar-refractivity contribution in [3.8, 4) is 5.75 Å². The van der Waals surface area contributed by atoms with Crippen LogP contribution in [0.15, 0.2) is 73.3 Å². The van der Waals surface area contributed by atoms with Crippen LogP contribution < -0.4 is 4.74 Å². The molecule has 0 aliphatic carbocycles. The highest BCUT2D eigenvalue weighted by Gasteiger charge is 2.24. The van der Waals surface area contributed by atoms with E-state index in [1.807, 2.05) is 18.2 Å². The first-order chi connectivity index (χ1) is 14.6. The number of aryl methyl sites for hydroxylation is 4. The van der Waals surface area contributed by atoms with Crippen molar-refractivity contribution in [3.05, 3.63) is 113 Å². The molecule has 0 fully saturated rings. The van der Waals surface area contributed by atoms with Crippen LogP contribution in [0.2, 0.25) is 0 Å². The number of hydrogen-bond donors (Lipinski definition) is 0. The molecule has 0 saturated carbocycles. The maximum atomic E-state index is 14.6. The standard InChI is InChI=1S/C27H26F2O/c1-2-3-4-21-17-23-13-16-26(30-27(23)25(29)18-21)22-11-7-19(8-12-22)5-6-20-9-14-24(28)15-10-20/h2,7-12,14-15,17-18,26H,1,3-6,13,16H2. The average molecular weight is 405 g/mol. The average Bonchev–Trinajstić information content (AvgIpc) is 2.77. The predicted octanol–water partition coefficient (Wildman–Crippen LogP) is 6.93. The lowest BCUT2D eigenvalue weighted by Crippen LogP contribution is -2.16. The summed E-state index contributed by atoms with van der Waals surface area (Å²) in [5.74, 6) is -0.0808. The van der Waals surface area contributed by atoms with Crippen LogP contribution in [-0.4, -0.2) is 0 Å². The van der Waals surface area contributed by atoms with Gasteiger partial charge < -0.3 is 4.74 Å². The molecule has 0 aromatic heterocycles. The highest BCUT2D eigenvalue weighted by molar-refractivity contribution is 5.41. The summed E-state index contributed by atoms with van der Waals surface area (Å²) in [6, 6.07) is 18.7. The van der Waals surface area contributed by atoms with E-state index >= 15 is 0 Å². The number of hydrogen-bond acceptors (Lipinski definition) is 1. The van der Waals surface area contributed by atoms with Gasteiger partial charge in [0.1, 0.15) is 11.9 Å². The Labute approximate surface area is 177 Å². The van der Waals surface area contributed by atoms with E-state index in [0.717, 1.165) is 60.8 Å². The van der Waals surface area contributed by atoms with Gasteiger partial charge in [0.05, 0.1) is 0 Å². The van der Waals surface area contributed by atoms with Crippen LogP contribution in [-0.2, 0) is 25.7 Å². The van der Waals surface area contributed by atoms with Gasteiger partial charge >= 0.3 is 0 Å². The molecule has 0 radical (unpaired) electrons. The number of allylic oxidation sites excluding steroid dienone is 1. The van der Waals surface area contributed by atoms with Crippen molar-refractivity contribution in [2.75, 3.05) is 0 Å². The molecule has 0 amide bonds. The van der Waals surface area contributed by atoms with Crippen molar-refractivity contribution in [1.29, 1.82) is 0 Å². The van der Waals surface area contributed by atoms with Gasteiger partial charge in [0.2, 0.25) is 0 Å². The van der Waals surface area contributed by atoms with Crippen molar-refractivity contribution in [1.82, 2.24) is 0 Å². The van der Waals surface area contributed by atoms with Crippen molar-refractivity contribution in [2.45, 2.75) is 44.6 Å². The van der Waals surface area contributed by atoms with E-state index in [4.69, 9.17) is 4.74 Å². The maximum absolute atomic E-state index is 14.6. The molecule has 1 atom stereocenters. The molecule has 1 aliphatic heterocycles. The lowest BCUT2D eigenvalue weighted by molar-refractivity contribution is 0.167. The van der Waals surface area contributed by atoms with E-state index in [-0.39, 0.29) is 17.7 Å². The van der Waals surface area contributed by atoms with Crippen LogP contribution in [0.3, 0.4) is 0 Å². The summed E-state index contributed by atoms with van der Waals surface area (Å²) in [6.45, 7) is 3.73.